The predicted molar refractivity (Wildman–Crippen MR) is 83.7 cm³/mol. The number of rotatable bonds is 2. The van der Waals surface area contributed by atoms with E-state index in [1.54, 1.807) is 24.5 Å². The Labute approximate surface area is 144 Å². The molecule has 0 radical (unpaired) electrons. The molecule has 130 valence electrons. The second-order valence-electron chi connectivity index (χ2n) is 5.55. The molecule has 5 nitrogen and oxygen atoms in total. The maximum absolute atomic E-state index is 12.5. The van der Waals surface area contributed by atoms with Gasteiger partial charge >= 0.3 is 12.2 Å². The molecule has 1 N–H and O–H groups in total. The molecule has 1 aliphatic rings. The van der Waals surface area contributed by atoms with Crippen molar-refractivity contribution in [1.82, 2.24) is 10.3 Å². The van der Waals surface area contributed by atoms with Crippen molar-refractivity contribution in [2.75, 3.05) is 0 Å². The van der Waals surface area contributed by atoms with Gasteiger partial charge in [0, 0.05) is 18.2 Å². The van der Waals surface area contributed by atoms with Gasteiger partial charge in [-0.25, -0.2) is 10.3 Å². The summed E-state index contributed by atoms with van der Waals surface area (Å²) in [5.41, 5.74) is 2.48. The monoisotopic (exact) mass is 368 g/mol. The van der Waals surface area contributed by atoms with Gasteiger partial charge in [0.05, 0.1) is 11.1 Å². The van der Waals surface area contributed by atoms with Crippen molar-refractivity contribution in [3.63, 3.8) is 0 Å². The topological polar surface area (TPSA) is 62.9 Å². The van der Waals surface area contributed by atoms with Gasteiger partial charge in [0.25, 0.3) is 0 Å². The van der Waals surface area contributed by atoms with E-state index in [9.17, 15) is 22.8 Å². The molecule has 0 atom stereocenters. The number of thiazole rings is 1. The minimum absolute atomic E-state index is 0.0347. The molecular weight excluding hydrogens is 355 g/mol. The van der Waals surface area contributed by atoms with Crippen LogP contribution in [-0.2, 0) is 23.9 Å². The van der Waals surface area contributed by atoms with Gasteiger partial charge in [0.1, 0.15) is 12.7 Å². The third kappa shape index (κ3) is 3.76. The molecule has 0 saturated carbocycles. The summed E-state index contributed by atoms with van der Waals surface area (Å²) in [6, 6.07) is 1.24. The second kappa shape index (κ2) is 6.40. The maximum Gasteiger partial charge on any atom is 0.496 e. The maximum atomic E-state index is 12.5. The number of pyridine rings is 1. The predicted octanol–water partition coefficient (Wildman–Crippen LogP) is 2.74. The number of carbonyl (C=O) groups is 2. The molecule has 0 aromatic carbocycles. The van der Waals surface area contributed by atoms with E-state index in [1.807, 2.05) is 6.92 Å². The van der Waals surface area contributed by atoms with E-state index < -0.39 is 17.2 Å². The van der Waals surface area contributed by atoms with Crippen LogP contribution in [0.1, 0.15) is 27.9 Å². The Morgan fingerprint density at radius 3 is 2.88 bits per heavy atom. The highest BCUT2D eigenvalue weighted by molar-refractivity contribution is 7.11. The Hall–Kier alpha value is -2.55. The average molecular weight is 368 g/mol. The number of carbonyl (C=O) groups excluding carboxylic acids is 2. The summed E-state index contributed by atoms with van der Waals surface area (Å²) in [4.78, 5) is 27.4. The van der Waals surface area contributed by atoms with E-state index in [4.69, 9.17) is 0 Å². The molecule has 9 heteroatoms. The molecule has 2 heterocycles. The zero-order chi connectivity index (χ0) is 18.2. The number of amides is 1. The number of halogens is 3. The Morgan fingerprint density at radius 1 is 1.44 bits per heavy atom. The highest BCUT2D eigenvalue weighted by Gasteiger charge is 2.34. The smallest absolute Gasteiger partial charge is 0.294 e. The highest BCUT2D eigenvalue weighted by atomic mass is 32.1. The van der Waals surface area contributed by atoms with E-state index in [2.05, 4.69) is 10.3 Å². The van der Waals surface area contributed by atoms with Crippen LogP contribution in [0.3, 0.4) is 0 Å². The van der Waals surface area contributed by atoms with Crippen LogP contribution in [0.15, 0.2) is 30.7 Å². The largest absolute Gasteiger partial charge is 0.496 e. The fraction of sp³-hybridized carbons (Fsp3) is 0.250. The number of nitrogens with one attached hydrogen (secondary N) is 1. The lowest BCUT2D eigenvalue weighted by molar-refractivity contribution is -0.572. The first kappa shape index (κ1) is 17.3. The molecule has 2 aromatic heterocycles. The van der Waals surface area contributed by atoms with Crippen LogP contribution in [-0.4, -0.2) is 16.8 Å². The number of allylic oxidation sites excluding steroid dienone is 2. The van der Waals surface area contributed by atoms with Crippen LogP contribution in [0.25, 0.3) is 5.57 Å². The van der Waals surface area contributed by atoms with Gasteiger partial charge in [-0.15, -0.1) is 11.3 Å². The van der Waals surface area contributed by atoms with E-state index in [0.29, 0.717) is 16.2 Å². The zero-order valence-corrected chi connectivity index (χ0v) is 13.9. The van der Waals surface area contributed by atoms with Gasteiger partial charge in [-0.1, -0.05) is 0 Å². The number of hydrogen-bond acceptors (Lipinski definition) is 4. The summed E-state index contributed by atoms with van der Waals surface area (Å²) in [6.07, 6.45) is 1.50. The molecule has 0 spiro atoms. The molecule has 0 bridgehead atoms. The minimum atomic E-state index is -4.49. The second-order valence-corrected chi connectivity index (χ2v) is 6.66. The van der Waals surface area contributed by atoms with Gasteiger partial charge in [-0.2, -0.15) is 22.5 Å². The van der Waals surface area contributed by atoms with Crippen molar-refractivity contribution in [3.05, 3.63) is 51.7 Å². The lowest BCUT2D eigenvalue weighted by atomic mass is 9.93. The molecule has 2 aromatic rings. The fourth-order valence-electron chi connectivity index (χ4n) is 2.53. The minimum Gasteiger partial charge on any atom is -0.294 e. The van der Waals surface area contributed by atoms with Crippen molar-refractivity contribution >= 4 is 28.7 Å². The third-order valence-corrected chi connectivity index (χ3v) is 4.70. The van der Waals surface area contributed by atoms with Gasteiger partial charge in [-0.3, -0.25) is 4.79 Å². The van der Waals surface area contributed by atoms with Crippen LogP contribution < -0.4 is 9.88 Å². The number of alkyl halides is 3. The molecule has 3 rings (SSSR count). The number of ketones is 1. The van der Waals surface area contributed by atoms with Crippen molar-refractivity contribution < 1.29 is 27.3 Å². The van der Waals surface area contributed by atoms with E-state index in [0.717, 1.165) is 22.9 Å². The van der Waals surface area contributed by atoms with Crippen molar-refractivity contribution in [2.24, 2.45) is 0 Å². The number of nitrogens with zero attached hydrogens (tertiary/aromatic N) is 2. The standard InChI is InChI=1S/C16H12F3N3O2S/c1-9-4-11(23)5-10-8-22(3-2-13(9)10)15(24)21-7-12-6-20-14(25-12)16(17,18)19/h2-4,6,8H,5,7H2,1H3/p+1. The molecular formula is C16H13F3N3O2S+. The number of fused-ring (bicyclic) bond motifs is 1. The van der Waals surface area contributed by atoms with Gasteiger partial charge in [0.2, 0.25) is 0 Å². The van der Waals surface area contributed by atoms with E-state index >= 15 is 0 Å². The summed E-state index contributed by atoms with van der Waals surface area (Å²) in [7, 11) is 0. The zero-order valence-electron chi connectivity index (χ0n) is 13.1. The molecule has 0 fully saturated rings. The Bertz CT molecular complexity index is 887. The first-order chi connectivity index (χ1) is 11.7. The third-order valence-electron chi connectivity index (χ3n) is 3.65. The molecule has 1 amide bonds. The van der Waals surface area contributed by atoms with Crippen molar-refractivity contribution in [1.29, 1.82) is 0 Å². The fourth-order valence-corrected chi connectivity index (χ4v) is 3.25. The van der Waals surface area contributed by atoms with Gasteiger partial charge in [-0.05, 0) is 30.2 Å². The highest BCUT2D eigenvalue weighted by Crippen LogP contribution is 2.32. The summed E-state index contributed by atoms with van der Waals surface area (Å²) < 4.78 is 38.8. The summed E-state index contributed by atoms with van der Waals surface area (Å²) >= 11 is 0.488. The van der Waals surface area contributed by atoms with E-state index in [1.165, 1.54) is 4.57 Å². The van der Waals surface area contributed by atoms with Crippen LogP contribution in [0.2, 0.25) is 0 Å². The molecule has 0 saturated heterocycles. The van der Waals surface area contributed by atoms with E-state index in [-0.39, 0.29) is 18.7 Å². The van der Waals surface area contributed by atoms with Gasteiger partial charge in [0.15, 0.2) is 10.8 Å². The Balaban J connectivity index is 1.70. The van der Waals surface area contributed by atoms with Crippen LogP contribution in [0.5, 0.6) is 0 Å². The lowest BCUT2D eigenvalue weighted by Gasteiger charge is -2.13. The summed E-state index contributed by atoms with van der Waals surface area (Å²) in [6.45, 7) is 1.76. The van der Waals surface area contributed by atoms with Gasteiger partial charge < -0.3 is 0 Å². The quantitative estimate of drug-likeness (QED) is 0.829. The molecule has 1 aliphatic carbocycles. The van der Waals surface area contributed by atoms with Crippen LogP contribution >= 0.6 is 11.3 Å². The van der Waals surface area contributed by atoms with Crippen LogP contribution in [0, 0.1) is 0 Å². The normalized spacial score (nSPS) is 14.1. The Morgan fingerprint density at radius 2 is 2.20 bits per heavy atom. The average Bonchev–Trinajstić information content (AvgIpc) is 3.01. The lowest BCUT2D eigenvalue weighted by Crippen LogP contribution is -2.50. The molecule has 0 aliphatic heterocycles. The number of aromatic nitrogens is 2. The number of hydrogen-bond donors (Lipinski definition) is 1. The molecule has 25 heavy (non-hydrogen) atoms. The van der Waals surface area contributed by atoms with Crippen LogP contribution in [0.4, 0.5) is 18.0 Å². The first-order valence-corrected chi connectivity index (χ1v) is 8.11. The van der Waals surface area contributed by atoms with Crippen molar-refractivity contribution in [2.45, 2.75) is 26.1 Å². The SMILES string of the molecule is CC1=CC(=O)Cc2c[n+](C(=O)NCc3cnc(C(F)(F)F)s3)ccc21. The molecule has 0 unspecified atom stereocenters. The first-order valence-electron chi connectivity index (χ1n) is 7.30. The van der Waals surface area contributed by atoms with Crippen molar-refractivity contribution in [3.8, 4) is 0 Å². The Kier molecular flexibility index (Phi) is 4.42. The summed E-state index contributed by atoms with van der Waals surface area (Å²) in [5, 5.41) is 1.59. The summed E-state index contributed by atoms with van der Waals surface area (Å²) in [5.74, 6) is -0.0347.